The molecule has 1 aromatic heterocycles. The molecule has 0 aliphatic carbocycles. The lowest BCUT2D eigenvalue weighted by Crippen LogP contribution is -2.33. The van der Waals surface area contributed by atoms with Crippen molar-refractivity contribution in [3.8, 4) is 0 Å². The molecule has 0 radical (unpaired) electrons. The summed E-state index contributed by atoms with van der Waals surface area (Å²) < 4.78 is 0. The highest BCUT2D eigenvalue weighted by atomic mass is 16.3. The van der Waals surface area contributed by atoms with Crippen LogP contribution in [0.4, 0.5) is 11.8 Å². The SMILES string of the molecule is CC(CO)N(C)c1nccc(N)n1. The first-order chi connectivity index (χ1) is 6.15. The van der Waals surface area contributed by atoms with E-state index >= 15 is 0 Å². The Balaban J connectivity index is 2.82. The van der Waals surface area contributed by atoms with Crippen molar-refractivity contribution in [1.82, 2.24) is 9.97 Å². The van der Waals surface area contributed by atoms with Crippen molar-refractivity contribution in [1.29, 1.82) is 0 Å². The summed E-state index contributed by atoms with van der Waals surface area (Å²) >= 11 is 0. The number of nitrogens with two attached hydrogens (primary N) is 1. The second-order valence-corrected chi connectivity index (χ2v) is 2.92. The second-order valence-electron chi connectivity index (χ2n) is 2.92. The molecule has 1 unspecified atom stereocenters. The van der Waals surface area contributed by atoms with Crippen molar-refractivity contribution in [3.05, 3.63) is 12.3 Å². The number of aliphatic hydroxyl groups excluding tert-OH is 1. The molecule has 72 valence electrons. The molecule has 0 amide bonds. The topological polar surface area (TPSA) is 75.3 Å². The Morgan fingerprint density at radius 3 is 2.92 bits per heavy atom. The highest BCUT2D eigenvalue weighted by molar-refractivity contribution is 5.37. The highest BCUT2D eigenvalue weighted by Crippen LogP contribution is 2.09. The number of aliphatic hydroxyl groups is 1. The maximum atomic E-state index is 8.91. The predicted octanol–water partition coefficient (Wildman–Crippen LogP) is -0.124. The molecule has 5 heteroatoms. The minimum Gasteiger partial charge on any atom is -0.394 e. The van der Waals surface area contributed by atoms with Gasteiger partial charge in [-0.05, 0) is 13.0 Å². The number of nitrogens with zero attached hydrogens (tertiary/aromatic N) is 3. The lowest BCUT2D eigenvalue weighted by Gasteiger charge is -2.22. The first-order valence-corrected chi connectivity index (χ1v) is 4.07. The normalized spacial score (nSPS) is 12.5. The average molecular weight is 182 g/mol. The van der Waals surface area contributed by atoms with E-state index in [1.165, 1.54) is 0 Å². The van der Waals surface area contributed by atoms with Gasteiger partial charge >= 0.3 is 0 Å². The second kappa shape index (κ2) is 4.04. The summed E-state index contributed by atoms with van der Waals surface area (Å²) in [6.45, 7) is 1.95. The Labute approximate surface area is 77.2 Å². The number of aromatic nitrogens is 2. The summed E-state index contributed by atoms with van der Waals surface area (Å²) in [4.78, 5) is 9.83. The van der Waals surface area contributed by atoms with E-state index < -0.39 is 0 Å². The fourth-order valence-electron chi connectivity index (χ4n) is 0.851. The van der Waals surface area contributed by atoms with Gasteiger partial charge in [-0.3, -0.25) is 0 Å². The van der Waals surface area contributed by atoms with Crippen LogP contribution >= 0.6 is 0 Å². The maximum Gasteiger partial charge on any atom is 0.227 e. The van der Waals surface area contributed by atoms with Gasteiger partial charge in [-0.25, -0.2) is 4.98 Å². The van der Waals surface area contributed by atoms with Gasteiger partial charge in [-0.15, -0.1) is 0 Å². The van der Waals surface area contributed by atoms with Gasteiger partial charge in [-0.1, -0.05) is 0 Å². The number of anilines is 2. The fourth-order valence-corrected chi connectivity index (χ4v) is 0.851. The summed E-state index contributed by atoms with van der Waals surface area (Å²) in [7, 11) is 1.82. The van der Waals surface area contributed by atoms with E-state index in [0.29, 0.717) is 11.8 Å². The first-order valence-electron chi connectivity index (χ1n) is 4.07. The van der Waals surface area contributed by atoms with Crippen LogP contribution in [0, 0.1) is 0 Å². The number of hydrogen-bond acceptors (Lipinski definition) is 5. The third kappa shape index (κ3) is 2.29. The molecule has 0 bridgehead atoms. The van der Waals surface area contributed by atoms with Gasteiger partial charge in [0, 0.05) is 13.2 Å². The van der Waals surface area contributed by atoms with Gasteiger partial charge in [0.2, 0.25) is 5.95 Å². The van der Waals surface area contributed by atoms with Gasteiger partial charge in [-0.2, -0.15) is 4.98 Å². The zero-order chi connectivity index (χ0) is 9.84. The quantitative estimate of drug-likeness (QED) is 0.681. The number of hydrogen-bond donors (Lipinski definition) is 2. The Morgan fingerprint density at radius 2 is 2.38 bits per heavy atom. The average Bonchev–Trinajstić information content (AvgIpc) is 2.15. The smallest absolute Gasteiger partial charge is 0.227 e. The number of nitrogen functional groups attached to an aromatic ring is 1. The monoisotopic (exact) mass is 182 g/mol. The molecule has 0 aromatic carbocycles. The van der Waals surface area contributed by atoms with E-state index in [4.69, 9.17) is 10.8 Å². The van der Waals surface area contributed by atoms with Gasteiger partial charge in [0.1, 0.15) is 5.82 Å². The molecule has 1 heterocycles. The summed E-state index contributed by atoms with van der Waals surface area (Å²) in [6, 6.07) is 1.61. The van der Waals surface area contributed by atoms with E-state index in [1.807, 2.05) is 14.0 Å². The zero-order valence-corrected chi connectivity index (χ0v) is 7.81. The maximum absolute atomic E-state index is 8.91. The largest absolute Gasteiger partial charge is 0.394 e. The molecule has 1 aromatic rings. The van der Waals surface area contributed by atoms with Crippen molar-refractivity contribution in [2.24, 2.45) is 0 Å². The Morgan fingerprint density at radius 1 is 1.69 bits per heavy atom. The molecule has 0 saturated carbocycles. The van der Waals surface area contributed by atoms with Crippen LogP contribution in [0.5, 0.6) is 0 Å². The van der Waals surface area contributed by atoms with Crippen molar-refractivity contribution >= 4 is 11.8 Å². The van der Waals surface area contributed by atoms with Gasteiger partial charge in [0.25, 0.3) is 0 Å². The predicted molar refractivity (Wildman–Crippen MR) is 51.4 cm³/mol. The van der Waals surface area contributed by atoms with Crippen LogP contribution in [0.2, 0.25) is 0 Å². The van der Waals surface area contributed by atoms with Crippen molar-refractivity contribution < 1.29 is 5.11 Å². The van der Waals surface area contributed by atoms with Crippen LogP contribution in [0.15, 0.2) is 12.3 Å². The van der Waals surface area contributed by atoms with Crippen LogP contribution in [0.3, 0.4) is 0 Å². The minimum atomic E-state index is -0.0122. The molecular formula is C8H14N4O. The van der Waals surface area contributed by atoms with Crippen LogP contribution in [-0.4, -0.2) is 34.8 Å². The molecule has 3 N–H and O–H groups in total. The number of likely N-dealkylation sites (N-methyl/N-ethyl adjacent to an activating group) is 1. The highest BCUT2D eigenvalue weighted by Gasteiger charge is 2.10. The number of rotatable bonds is 3. The van der Waals surface area contributed by atoms with Crippen LogP contribution in [-0.2, 0) is 0 Å². The molecule has 1 rings (SSSR count). The third-order valence-electron chi connectivity index (χ3n) is 1.91. The van der Waals surface area contributed by atoms with E-state index in [2.05, 4.69) is 9.97 Å². The van der Waals surface area contributed by atoms with E-state index in [0.717, 1.165) is 0 Å². The van der Waals surface area contributed by atoms with Crippen molar-refractivity contribution in [3.63, 3.8) is 0 Å². The molecule has 0 aliphatic heterocycles. The minimum absolute atomic E-state index is 0.0122. The third-order valence-corrected chi connectivity index (χ3v) is 1.91. The Bertz CT molecular complexity index is 279. The lowest BCUT2D eigenvalue weighted by molar-refractivity contribution is 0.269. The summed E-state index contributed by atoms with van der Waals surface area (Å²) in [6.07, 6.45) is 1.60. The summed E-state index contributed by atoms with van der Waals surface area (Å²) in [5.74, 6) is 0.962. The molecule has 1 atom stereocenters. The summed E-state index contributed by atoms with van der Waals surface area (Å²) in [5, 5.41) is 8.91. The Kier molecular flexibility index (Phi) is 3.02. The van der Waals surface area contributed by atoms with Gasteiger partial charge in [0.05, 0.1) is 12.6 Å². The van der Waals surface area contributed by atoms with Gasteiger partial charge in [0.15, 0.2) is 0 Å². The molecule has 13 heavy (non-hydrogen) atoms. The molecule has 5 nitrogen and oxygen atoms in total. The summed E-state index contributed by atoms with van der Waals surface area (Å²) in [5.41, 5.74) is 5.50. The fraction of sp³-hybridized carbons (Fsp3) is 0.500. The van der Waals surface area contributed by atoms with E-state index in [9.17, 15) is 0 Å². The molecule has 0 aliphatic rings. The van der Waals surface area contributed by atoms with Gasteiger partial charge < -0.3 is 15.7 Å². The molecule has 0 spiro atoms. The zero-order valence-electron chi connectivity index (χ0n) is 7.81. The standard InChI is InChI=1S/C8H14N4O/c1-6(5-13)12(2)8-10-4-3-7(9)11-8/h3-4,6,13H,5H2,1-2H3,(H2,9,10,11). The van der Waals surface area contributed by atoms with Crippen LogP contribution in [0.25, 0.3) is 0 Å². The molecule has 0 saturated heterocycles. The first kappa shape index (κ1) is 9.73. The Hall–Kier alpha value is -1.36. The van der Waals surface area contributed by atoms with Crippen molar-refractivity contribution in [2.75, 3.05) is 24.3 Å². The van der Waals surface area contributed by atoms with E-state index in [1.54, 1.807) is 17.2 Å². The molecular weight excluding hydrogens is 168 g/mol. The molecule has 0 fully saturated rings. The van der Waals surface area contributed by atoms with E-state index in [-0.39, 0.29) is 12.6 Å². The van der Waals surface area contributed by atoms with Crippen molar-refractivity contribution in [2.45, 2.75) is 13.0 Å². The van der Waals surface area contributed by atoms with Crippen LogP contribution in [0.1, 0.15) is 6.92 Å². The van der Waals surface area contributed by atoms with Crippen LogP contribution < -0.4 is 10.6 Å². The lowest BCUT2D eigenvalue weighted by atomic mass is 10.3.